The van der Waals surface area contributed by atoms with Gasteiger partial charge in [-0.25, -0.2) is 0 Å². The quantitative estimate of drug-likeness (QED) is 0.311. The number of allylic oxidation sites excluding steroid dienone is 2. The van der Waals surface area contributed by atoms with Gasteiger partial charge in [-0.2, -0.15) is 0 Å². The third-order valence-electron chi connectivity index (χ3n) is 13.3. The molecule has 0 spiro atoms. The van der Waals surface area contributed by atoms with Gasteiger partial charge in [-0.15, -0.1) is 0 Å². The summed E-state index contributed by atoms with van der Waals surface area (Å²) in [4.78, 5) is 24.7. The van der Waals surface area contributed by atoms with E-state index in [1.807, 2.05) is 0 Å². The zero-order valence-electron chi connectivity index (χ0n) is 24.1. The van der Waals surface area contributed by atoms with E-state index in [-0.39, 0.29) is 45.1 Å². The van der Waals surface area contributed by atoms with Crippen molar-refractivity contribution >= 4 is 11.9 Å². The third-order valence-corrected chi connectivity index (χ3v) is 13.3. The fourth-order valence-electron chi connectivity index (χ4n) is 11.0. The molecule has 202 valence electrons. The van der Waals surface area contributed by atoms with Crippen LogP contribution >= 0.6 is 0 Å². The first-order valence-electron chi connectivity index (χ1n) is 14.6. The maximum atomic E-state index is 12.8. The number of esters is 1. The molecule has 0 aromatic heterocycles. The lowest BCUT2D eigenvalue weighted by atomic mass is 9.33. The Morgan fingerprint density at radius 1 is 0.889 bits per heavy atom. The second-order valence-electron chi connectivity index (χ2n) is 15.6. The first-order chi connectivity index (χ1) is 16.5. The lowest BCUT2D eigenvalue weighted by Gasteiger charge is -2.71. The number of hydrogen-bond donors (Lipinski definition) is 1. The number of carbonyl (C=O) groups excluding carboxylic acids is 1. The Morgan fingerprint density at radius 2 is 1.56 bits per heavy atom. The van der Waals surface area contributed by atoms with Gasteiger partial charge < -0.3 is 9.84 Å². The van der Waals surface area contributed by atoms with Gasteiger partial charge in [-0.3, -0.25) is 9.59 Å². The zero-order valence-corrected chi connectivity index (χ0v) is 24.1. The van der Waals surface area contributed by atoms with Crippen molar-refractivity contribution in [2.24, 2.45) is 50.2 Å². The van der Waals surface area contributed by atoms with E-state index < -0.39 is 11.4 Å². The molecule has 0 heterocycles. The molecule has 0 amide bonds. The number of rotatable bonds is 2. The molecule has 5 aliphatic carbocycles. The van der Waals surface area contributed by atoms with Gasteiger partial charge in [0.15, 0.2) is 0 Å². The van der Waals surface area contributed by atoms with Crippen molar-refractivity contribution in [3.63, 3.8) is 0 Å². The molecule has 0 radical (unpaired) electrons. The van der Waals surface area contributed by atoms with Crippen LogP contribution < -0.4 is 0 Å². The molecule has 8 atom stereocenters. The molecule has 0 saturated heterocycles. The summed E-state index contributed by atoms with van der Waals surface area (Å²) >= 11 is 0. The van der Waals surface area contributed by atoms with E-state index in [1.54, 1.807) is 6.92 Å². The Morgan fingerprint density at radius 3 is 2.19 bits per heavy atom. The number of carbonyl (C=O) groups is 2. The molecule has 4 heteroatoms. The summed E-state index contributed by atoms with van der Waals surface area (Å²) in [6.07, 6.45) is 12.6. The summed E-state index contributed by atoms with van der Waals surface area (Å²) < 4.78 is 5.87. The predicted octanol–water partition coefficient (Wildman–Crippen LogP) is 7.80. The summed E-state index contributed by atoms with van der Waals surface area (Å²) in [7, 11) is 0. The molecule has 4 fully saturated rings. The number of carboxylic acids is 1. The average Bonchev–Trinajstić information content (AvgIpc) is 2.75. The molecule has 1 N–H and O–H groups in total. The van der Waals surface area contributed by atoms with E-state index in [0.717, 1.165) is 57.8 Å². The minimum absolute atomic E-state index is 0.00181. The van der Waals surface area contributed by atoms with E-state index in [4.69, 9.17) is 4.74 Å². The number of hydrogen-bond acceptors (Lipinski definition) is 3. The van der Waals surface area contributed by atoms with Crippen LogP contribution in [0.15, 0.2) is 11.6 Å². The SMILES string of the molecule is CC(=O)O[C@@H]1CC[C@@]2(C)C(CC[C@]3(C)C2CC=C2C4CC(C)(C)CC[C@]4(C(=O)O)CC[C@]23C)C1(C)C. The minimum Gasteiger partial charge on any atom is -0.481 e. The molecule has 0 aromatic rings. The molecule has 0 aliphatic heterocycles. The van der Waals surface area contributed by atoms with E-state index in [1.165, 1.54) is 12.0 Å². The Bertz CT molecular complexity index is 992. The molecule has 0 bridgehead atoms. The molecule has 5 rings (SSSR count). The van der Waals surface area contributed by atoms with E-state index >= 15 is 0 Å². The molecule has 3 unspecified atom stereocenters. The van der Waals surface area contributed by atoms with Crippen molar-refractivity contribution in [2.75, 3.05) is 0 Å². The third kappa shape index (κ3) is 3.30. The summed E-state index contributed by atoms with van der Waals surface area (Å²) in [5, 5.41) is 10.5. The van der Waals surface area contributed by atoms with Gasteiger partial charge in [0.25, 0.3) is 0 Å². The average molecular weight is 499 g/mol. The Balaban J connectivity index is 1.55. The second-order valence-corrected chi connectivity index (χ2v) is 15.6. The van der Waals surface area contributed by atoms with Crippen molar-refractivity contribution in [1.82, 2.24) is 0 Å². The largest absolute Gasteiger partial charge is 0.481 e. The van der Waals surface area contributed by atoms with E-state index in [2.05, 4.69) is 54.5 Å². The lowest BCUT2D eigenvalue weighted by molar-refractivity contribution is -0.213. The first kappa shape index (κ1) is 26.3. The molecule has 5 aliphatic rings. The van der Waals surface area contributed by atoms with Gasteiger partial charge in [0.05, 0.1) is 5.41 Å². The highest BCUT2D eigenvalue weighted by Gasteiger charge is 2.69. The van der Waals surface area contributed by atoms with Gasteiger partial charge in [0.1, 0.15) is 6.10 Å². The van der Waals surface area contributed by atoms with Gasteiger partial charge in [0, 0.05) is 12.3 Å². The van der Waals surface area contributed by atoms with Crippen LogP contribution in [0.5, 0.6) is 0 Å². The lowest BCUT2D eigenvalue weighted by Crippen LogP contribution is -2.65. The summed E-state index contributed by atoms with van der Waals surface area (Å²) in [5.74, 6) is 0.546. The maximum Gasteiger partial charge on any atom is 0.310 e. The van der Waals surface area contributed by atoms with Crippen molar-refractivity contribution in [3.8, 4) is 0 Å². The normalized spacial score (nSPS) is 48.8. The van der Waals surface area contributed by atoms with Crippen molar-refractivity contribution in [1.29, 1.82) is 0 Å². The van der Waals surface area contributed by atoms with Crippen LogP contribution in [0.1, 0.15) is 120 Å². The summed E-state index contributed by atoms with van der Waals surface area (Å²) in [6, 6.07) is 0. The van der Waals surface area contributed by atoms with Crippen LogP contribution in [0.25, 0.3) is 0 Å². The van der Waals surface area contributed by atoms with Crippen molar-refractivity contribution in [2.45, 2.75) is 126 Å². The van der Waals surface area contributed by atoms with Crippen LogP contribution in [-0.4, -0.2) is 23.1 Å². The standard InChI is InChI=1S/C32H50O4/c1-20(33)36-25-12-13-29(6)23(28(25,4)5)11-14-31(8)24(29)10-9-21-22-19-27(2,3)15-17-32(22,26(34)35)18-16-30(21,31)7/h9,22-25H,10-19H2,1-8H3,(H,34,35)/t22?,23?,24?,25-,29+,30-,31-,32+/m1/s1. The molecule has 0 aromatic carbocycles. The van der Waals surface area contributed by atoms with Gasteiger partial charge in [-0.05, 0) is 104 Å². The van der Waals surface area contributed by atoms with Crippen LogP contribution in [0.2, 0.25) is 0 Å². The molecular formula is C32H50O4. The van der Waals surface area contributed by atoms with Gasteiger partial charge in [0.2, 0.25) is 0 Å². The molecule has 4 saturated carbocycles. The smallest absolute Gasteiger partial charge is 0.310 e. The topological polar surface area (TPSA) is 63.6 Å². The van der Waals surface area contributed by atoms with Crippen molar-refractivity contribution < 1.29 is 19.4 Å². The Hall–Kier alpha value is -1.32. The highest BCUT2D eigenvalue weighted by atomic mass is 16.5. The van der Waals surface area contributed by atoms with Crippen LogP contribution in [0.3, 0.4) is 0 Å². The highest BCUT2D eigenvalue weighted by molar-refractivity contribution is 5.76. The zero-order chi connectivity index (χ0) is 26.5. The molecule has 36 heavy (non-hydrogen) atoms. The number of fused-ring (bicyclic) bond motifs is 7. The summed E-state index contributed by atoms with van der Waals surface area (Å²) in [5.41, 5.74) is 1.50. The molecular weight excluding hydrogens is 448 g/mol. The Kier molecular flexibility index (Phi) is 5.74. The highest BCUT2D eigenvalue weighted by Crippen LogP contribution is 2.75. The fraction of sp³-hybridized carbons (Fsp3) is 0.875. The first-order valence-corrected chi connectivity index (χ1v) is 14.6. The van der Waals surface area contributed by atoms with Crippen LogP contribution in [0, 0.1) is 50.2 Å². The van der Waals surface area contributed by atoms with Gasteiger partial charge in [-0.1, -0.05) is 60.1 Å². The predicted molar refractivity (Wildman–Crippen MR) is 142 cm³/mol. The maximum absolute atomic E-state index is 12.8. The minimum atomic E-state index is -0.574. The Labute approximate surface area is 219 Å². The van der Waals surface area contributed by atoms with Crippen molar-refractivity contribution in [3.05, 3.63) is 11.6 Å². The van der Waals surface area contributed by atoms with E-state index in [0.29, 0.717) is 11.8 Å². The van der Waals surface area contributed by atoms with E-state index in [9.17, 15) is 14.7 Å². The van der Waals surface area contributed by atoms with Crippen LogP contribution in [-0.2, 0) is 14.3 Å². The molecule has 4 nitrogen and oxygen atoms in total. The number of aliphatic carboxylic acids is 1. The number of carboxylic acid groups (broad SMARTS) is 1. The number of ether oxygens (including phenoxy) is 1. The summed E-state index contributed by atoms with van der Waals surface area (Å²) in [6.45, 7) is 18.5. The second kappa shape index (κ2) is 7.85. The van der Waals surface area contributed by atoms with Gasteiger partial charge >= 0.3 is 11.9 Å². The fourth-order valence-corrected chi connectivity index (χ4v) is 11.0. The van der Waals surface area contributed by atoms with Crippen LogP contribution in [0.4, 0.5) is 0 Å². The monoisotopic (exact) mass is 498 g/mol.